The van der Waals surface area contributed by atoms with Gasteiger partial charge >= 0.3 is 11.9 Å². The fourth-order valence-corrected chi connectivity index (χ4v) is 4.42. The van der Waals surface area contributed by atoms with Gasteiger partial charge in [0.25, 0.3) is 0 Å². The first-order valence-electron chi connectivity index (χ1n) is 11.8. The van der Waals surface area contributed by atoms with Gasteiger partial charge in [0.2, 0.25) is 0 Å². The molecule has 3 rings (SSSR count). The van der Waals surface area contributed by atoms with Gasteiger partial charge in [-0.3, -0.25) is 0 Å². The van der Waals surface area contributed by atoms with E-state index in [0.29, 0.717) is 22.0 Å². The van der Waals surface area contributed by atoms with Crippen LogP contribution in [0, 0.1) is 0 Å². The van der Waals surface area contributed by atoms with E-state index in [0.717, 1.165) is 5.56 Å². The molecular formula is C27H29ClN4O6. The van der Waals surface area contributed by atoms with E-state index in [2.05, 4.69) is 15.3 Å². The van der Waals surface area contributed by atoms with Gasteiger partial charge in [0.15, 0.2) is 0 Å². The number of carbonyl (C=O) groups excluding carboxylic acids is 2. The molecule has 2 aromatic carbocycles. The van der Waals surface area contributed by atoms with Crippen molar-refractivity contribution in [2.75, 3.05) is 40.6 Å². The average molecular weight is 541 g/mol. The normalized spacial score (nSPS) is 15.8. The molecule has 0 radical (unpaired) electrons. The molecule has 38 heavy (non-hydrogen) atoms. The SMILES string of the molecule is COC(=O)C1=C(C)NC(COCCN=[N+]=[N-])=C(C(=O)OC[C@@H](OC)c2ccccc2)[C@H]1c1ccccc1Cl. The number of ether oxygens (including phenoxy) is 4. The Morgan fingerprint density at radius 3 is 2.45 bits per heavy atom. The highest BCUT2D eigenvalue weighted by atomic mass is 35.5. The molecule has 1 N–H and O–H groups in total. The third kappa shape index (κ3) is 6.93. The Kier molecular flexibility index (Phi) is 10.7. The van der Waals surface area contributed by atoms with Crippen molar-refractivity contribution in [2.45, 2.75) is 18.9 Å². The molecule has 0 saturated heterocycles. The van der Waals surface area contributed by atoms with Crippen LogP contribution in [0.1, 0.15) is 30.1 Å². The highest BCUT2D eigenvalue weighted by Gasteiger charge is 2.40. The van der Waals surface area contributed by atoms with Crippen LogP contribution in [0.4, 0.5) is 0 Å². The molecule has 11 heteroatoms. The Bertz CT molecular complexity index is 1260. The quantitative estimate of drug-likeness (QED) is 0.132. The molecule has 0 bridgehead atoms. The molecule has 200 valence electrons. The van der Waals surface area contributed by atoms with E-state index in [4.69, 9.17) is 36.1 Å². The van der Waals surface area contributed by atoms with Crippen LogP contribution in [-0.2, 0) is 28.5 Å². The Labute approximate surface area is 225 Å². The molecule has 0 aromatic heterocycles. The predicted octanol–water partition coefficient (Wildman–Crippen LogP) is 4.99. The average Bonchev–Trinajstić information content (AvgIpc) is 2.93. The van der Waals surface area contributed by atoms with E-state index in [9.17, 15) is 9.59 Å². The molecule has 1 aliphatic rings. The van der Waals surface area contributed by atoms with Crippen molar-refractivity contribution >= 4 is 23.5 Å². The molecule has 2 atom stereocenters. The lowest BCUT2D eigenvalue weighted by Crippen LogP contribution is -2.35. The number of rotatable bonds is 12. The number of benzene rings is 2. The van der Waals surface area contributed by atoms with Crippen LogP contribution >= 0.6 is 11.6 Å². The number of nitrogens with zero attached hydrogens (tertiary/aromatic N) is 3. The number of carbonyl (C=O) groups is 2. The predicted molar refractivity (Wildman–Crippen MR) is 141 cm³/mol. The number of nitrogens with one attached hydrogen (secondary N) is 1. The van der Waals surface area contributed by atoms with Gasteiger partial charge in [0.05, 0.1) is 43.1 Å². The van der Waals surface area contributed by atoms with Gasteiger partial charge in [-0.1, -0.05) is 65.2 Å². The molecule has 0 amide bonds. The highest BCUT2D eigenvalue weighted by molar-refractivity contribution is 6.31. The molecule has 1 heterocycles. The minimum Gasteiger partial charge on any atom is -0.466 e. The van der Waals surface area contributed by atoms with Crippen LogP contribution in [0.5, 0.6) is 0 Å². The van der Waals surface area contributed by atoms with Crippen LogP contribution in [0.3, 0.4) is 0 Å². The maximum atomic E-state index is 13.7. The zero-order valence-corrected chi connectivity index (χ0v) is 22.1. The first-order chi connectivity index (χ1) is 18.4. The second kappa shape index (κ2) is 14.2. The van der Waals surface area contributed by atoms with Crippen molar-refractivity contribution < 1.29 is 28.5 Å². The van der Waals surface area contributed by atoms with Gasteiger partial charge < -0.3 is 24.3 Å². The smallest absolute Gasteiger partial charge is 0.336 e. The zero-order chi connectivity index (χ0) is 27.5. The van der Waals surface area contributed by atoms with Crippen molar-refractivity contribution in [1.29, 1.82) is 0 Å². The minimum absolute atomic E-state index is 0.0372. The van der Waals surface area contributed by atoms with E-state index in [1.807, 2.05) is 30.3 Å². The van der Waals surface area contributed by atoms with Crippen molar-refractivity contribution in [3.8, 4) is 0 Å². The van der Waals surface area contributed by atoms with Crippen LogP contribution in [0.15, 0.2) is 82.3 Å². The molecule has 0 unspecified atom stereocenters. The fourth-order valence-electron chi connectivity index (χ4n) is 4.17. The molecule has 0 spiro atoms. The van der Waals surface area contributed by atoms with Crippen LogP contribution in [0.2, 0.25) is 5.02 Å². The highest BCUT2D eigenvalue weighted by Crippen LogP contribution is 2.42. The van der Waals surface area contributed by atoms with E-state index < -0.39 is 24.0 Å². The largest absolute Gasteiger partial charge is 0.466 e. The van der Waals surface area contributed by atoms with Gasteiger partial charge in [0, 0.05) is 29.3 Å². The first kappa shape index (κ1) is 28.7. The number of azide groups is 1. The minimum atomic E-state index is -0.890. The molecule has 0 fully saturated rings. The standard InChI is InChI=1S/C27H29ClN4O6/c1-17-23(26(33)36-3)24(19-11-7-8-12-20(19)28)25(21(31-17)15-37-14-13-30-32-29)27(34)38-16-22(35-2)18-9-5-4-6-10-18/h4-12,22,24,31H,13-16H2,1-3H3/t22-,24+/m1/s1. The summed E-state index contributed by atoms with van der Waals surface area (Å²) in [5.74, 6) is -2.19. The zero-order valence-electron chi connectivity index (χ0n) is 21.3. The summed E-state index contributed by atoms with van der Waals surface area (Å²) >= 11 is 6.56. The van der Waals surface area contributed by atoms with E-state index in [-0.39, 0.29) is 37.5 Å². The number of allylic oxidation sites excluding steroid dienone is 1. The van der Waals surface area contributed by atoms with E-state index in [1.165, 1.54) is 14.2 Å². The lowest BCUT2D eigenvalue weighted by molar-refractivity contribution is -0.143. The van der Waals surface area contributed by atoms with Crippen molar-refractivity contribution in [3.63, 3.8) is 0 Å². The molecular weight excluding hydrogens is 512 g/mol. The molecule has 0 saturated carbocycles. The van der Waals surface area contributed by atoms with Crippen LogP contribution in [0.25, 0.3) is 10.4 Å². The number of halogens is 1. The van der Waals surface area contributed by atoms with Gasteiger partial charge in [-0.2, -0.15) is 0 Å². The summed E-state index contributed by atoms with van der Waals surface area (Å²) in [5.41, 5.74) is 11.1. The Morgan fingerprint density at radius 1 is 1.08 bits per heavy atom. The number of esters is 2. The summed E-state index contributed by atoms with van der Waals surface area (Å²) in [6, 6.07) is 16.3. The van der Waals surface area contributed by atoms with Crippen LogP contribution in [-0.4, -0.2) is 52.5 Å². The summed E-state index contributed by atoms with van der Waals surface area (Å²) < 4.78 is 22.0. The van der Waals surface area contributed by atoms with Gasteiger partial charge in [0.1, 0.15) is 12.7 Å². The van der Waals surface area contributed by atoms with Crippen molar-refractivity contribution in [3.05, 3.63) is 104 Å². The number of dihydropyridines is 1. The molecule has 10 nitrogen and oxygen atoms in total. The van der Waals surface area contributed by atoms with E-state index in [1.54, 1.807) is 31.2 Å². The second-order valence-corrected chi connectivity index (χ2v) is 8.65. The topological polar surface area (TPSA) is 132 Å². The van der Waals surface area contributed by atoms with Gasteiger partial charge in [-0.15, -0.1) is 0 Å². The summed E-state index contributed by atoms with van der Waals surface area (Å²) in [6.45, 7) is 1.84. The first-order valence-corrected chi connectivity index (χ1v) is 12.2. The number of hydrogen-bond donors (Lipinski definition) is 1. The number of methoxy groups -OCH3 is 2. The molecule has 2 aromatic rings. The Hall–Kier alpha value is -3.82. The Balaban J connectivity index is 2.03. The van der Waals surface area contributed by atoms with Crippen molar-refractivity contribution in [2.24, 2.45) is 5.11 Å². The lowest BCUT2D eigenvalue weighted by atomic mass is 9.80. The van der Waals surface area contributed by atoms with Gasteiger partial charge in [-0.05, 0) is 29.6 Å². The maximum Gasteiger partial charge on any atom is 0.336 e. The molecule has 0 aliphatic carbocycles. The third-order valence-electron chi connectivity index (χ3n) is 5.95. The summed E-state index contributed by atoms with van der Waals surface area (Å²) in [5, 5.41) is 6.93. The van der Waals surface area contributed by atoms with E-state index >= 15 is 0 Å². The second-order valence-electron chi connectivity index (χ2n) is 8.24. The monoisotopic (exact) mass is 540 g/mol. The summed E-state index contributed by atoms with van der Waals surface area (Å²) in [6.07, 6.45) is -0.503. The van der Waals surface area contributed by atoms with Crippen molar-refractivity contribution in [1.82, 2.24) is 5.32 Å². The lowest BCUT2D eigenvalue weighted by Gasteiger charge is -2.32. The van der Waals surface area contributed by atoms with Crippen LogP contribution < -0.4 is 5.32 Å². The summed E-state index contributed by atoms with van der Waals surface area (Å²) in [4.78, 5) is 29.4. The number of hydrogen-bond acceptors (Lipinski definition) is 8. The fraction of sp³-hybridized carbons (Fsp3) is 0.333. The van der Waals surface area contributed by atoms with Gasteiger partial charge in [-0.25, -0.2) is 9.59 Å². The third-order valence-corrected chi connectivity index (χ3v) is 6.30. The summed E-state index contributed by atoms with van der Waals surface area (Å²) in [7, 11) is 2.80. The maximum absolute atomic E-state index is 13.7. The molecule has 1 aliphatic heterocycles. The Morgan fingerprint density at radius 2 is 1.79 bits per heavy atom.